The smallest absolute Gasteiger partial charge is 0.133 e. The van der Waals surface area contributed by atoms with E-state index in [1.54, 1.807) is 0 Å². The van der Waals surface area contributed by atoms with E-state index >= 15 is 0 Å². The molecule has 0 unspecified atom stereocenters. The lowest BCUT2D eigenvalue weighted by molar-refractivity contribution is 0.738. The van der Waals surface area contributed by atoms with E-state index in [2.05, 4.69) is 55.0 Å². The maximum atomic E-state index is 4.94. The molecule has 0 saturated heterocycles. The molecule has 1 N–H and O–H groups in total. The van der Waals surface area contributed by atoms with Gasteiger partial charge in [0.1, 0.15) is 5.82 Å². The molecule has 0 spiro atoms. The van der Waals surface area contributed by atoms with E-state index in [0.717, 1.165) is 19.4 Å². The molecule has 3 heteroatoms. The predicted octanol–water partition coefficient (Wildman–Crippen LogP) is 4.31. The Morgan fingerprint density at radius 1 is 1.29 bits per heavy atom. The minimum absolute atomic E-state index is 0.501. The zero-order chi connectivity index (χ0) is 14.8. The van der Waals surface area contributed by atoms with E-state index in [1.165, 1.54) is 41.2 Å². The lowest BCUT2D eigenvalue weighted by atomic mass is 10.0. The number of aromatic nitrogens is 2. The van der Waals surface area contributed by atoms with Crippen LogP contribution in [0.15, 0.2) is 24.3 Å². The molecule has 2 aromatic rings. The number of rotatable bonds is 5. The fourth-order valence-electron chi connectivity index (χ4n) is 3.13. The number of anilines is 1. The van der Waals surface area contributed by atoms with Crippen LogP contribution >= 0.6 is 0 Å². The molecule has 0 fully saturated rings. The lowest BCUT2D eigenvalue weighted by Crippen LogP contribution is -2.08. The van der Waals surface area contributed by atoms with Crippen LogP contribution in [0.2, 0.25) is 0 Å². The van der Waals surface area contributed by atoms with Crippen molar-refractivity contribution in [2.75, 3.05) is 11.9 Å². The zero-order valence-corrected chi connectivity index (χ0v) is 13.3. The second-order valence-electron chi connectivity index (χ2n) is 6.18. The minimum Gasteiger partial charge on any atom is -0.369 e. The normalized spacial score (nSPS) is 13.5. The number of fused-ring (bicyclic) bond motifs is 1. The number of nitrogens with zero attached hydrogens (tertiary/aromatic N) is 2. The summed E-state index contributed by atoms with van der Waals surface area (Å²) in [6, 6.07) is 8.63. The summed E-state index contributed by atoms with van der Waals surface area (Å²) >= 11 is 0. The van der Waals surface area contributed by atoms with Crippen LogP contribution in [0.5, 0.6) is 0 Å². The monoisotopic (exact) mass is 283 g/mol. The molecular formula is C18H25N3. The first kappa shape index (κ1) is 14.2. The molecule has 21 heavy (non-hydrogen) atoms. The molecule has 0 bridgehead atoms. The summed E-state index contributed by atoms with van der Waals surface area (Å²) < 4.78 is 2.14. The summed E-state index contributed by atoms with van der Waals surface area (Å²) in [6.45, 7) is 7.77. The maximum Gasteiger partial charge on any atom is 0.133 e. The number of hydrogen-bond acceptors (Lipinski definition) is 2. The molecule has 0 aliphatic carbocycles. The van der Waals surface area contributed by atoms with Crippen molar-refractivity contribution in [3.63, 3.8) is 0 Å². The fourth-order valence-corrected chi connectivity index (χ4v) is 3.13. The molecule has 3 nitrogen and oxygen atoms in total. The van der Waals surface area contributed by atoms with Crippen LogP contribution in [0, 0.1) is 0 Å². The van der Waals surface area contributed by atoms with Gasteiger partial charge in [0.05, 0.1) is 11.4 Å². The summed E-state index contributed by atoms with van der Waals surface area (Å²) in [5.41, 5.74) is 5.30. The van der Waals surface area contributed by atoms with Gasteiger partial charge in [-0.15, -0.1) is 0 Å². The highest BCUT2D eigenvalue weighted by Gasteiger charge is 2.23. The van der Waals surface area contributed by atoms with Crippen molar-refractivity contribution in [2.45, 2.75) is 52.4 Å². The largest absolute Gasteiger partial charge is 0.369 e. The molecule has 0 radical (unpaired) electrons. The van der Waals surface area contributed by atoms with E-state index in [4.69, 9.17) is 5.10 Å². The van der Waals surface area contributed by atoms with Gasteiger partial charge in [0.2, 0.25) is 0 Å². The van der Waals surface area contributed by atoms with Gasteiger partial charge in [0.15, 0.2) is 0 Å². The third-order valence-corrected chi connectivity index (χ3v) is 4.29. The number of nitrogens with one attached hydrogen (secondary N) is 1. The van der Waals surface area contributed by atoms with Crippen molar-refractivity contribution in [3.8, 4) is 5.69 Å². The lowest BCUT2D eigenvalue weighted by Gasteiger charge is -2.14. The summed E-state index contributed by atoms with van der Waals surface area (Å²) in [4.78, 5) is 0. The number of hydrogen-bond donors (Lipinski definition) is 1. The average molecular weight is 283 g/mol. The number of aryl methyl sites for hydroxylation is 1. The Kier molecular flexibility index (Phi) is 4.00. The maximum absolute atomic E-state index is 4.94. The van der Waals surface area contributed by atoms with E-state index in [9.17, 15) is 0 Å². The van der Waals surface area contributed by atoms with Crippen LogP contribution in [0.4, 0.5) is 5.82 Å². The van der Waals surface area contributed by atoms with Crippen molar-refractivity contribution in [1.29, 1.82) is 0 Å². The Bertz CT molecular complexity index is 625. The summed E-state index contributed by atoms with van der Waals surface area (Å²) in [6.07, 6.45) is 4.64. The summed E-state index contributed by atoms with van der Waals surface area (Å²) in [5.74, 6) is 1.72. The van der Waals surface area contributed by atoms with Crippen molar-refractivity contribution < 1.29 is 0 Å². The predicted molar refractivity (Wildman–Crippen MR) is 88.5 cm³/mol. The molecule has 3 rings (SSSR count). The Balaban J connectivity index is 2.07. The molecule has 0 saturated carbocycles. The molecule has 112 valence electrons. The van der Waals surface area contributed by atoms with E-state index in [1.807, 2.05) is 0 Å². The third-order valence-electron chi connectivity index (χ3n) is 4.29. The first-order valence-electron chi connectivity index (χ1n) is 8.16. The Hall–Kier alpha value is -1.77. The Morgan fingerprint density at radius 2 is 2.10 bits per heavy atom. The van der Waals surface area contributed by atoms with Crippen LogP contribution < -0.4 is 5.32 Å². The number of para-hydroxylation sites is 1. The van der Waals surface area contributed by atoms with Gasteiger partial charge in [0, 0.05) is 12.1 Å². The van der Waals surface area contributed by atoms with E-state index in [0.29, 0.717) is 5.92 Å². The van der Waals surface area contributed by atoms with Gasteiger partial charge in [-0.1, -0.05) is 45.4 Å². The quantitative estimate of drug-likeness (QED) is 0.886. The van der Waals surface area contributed by atoms with Crippen LogP contribution in [-0.4, -0.2) is 16.3 Å². The highest BCUT2D eigenvalue weighted by molar-refractivity contribution is 5.58. The van der Waals surface area contributed by atoms with Crippen LogP contribution in [0.1, 0.15) is 56.4 Å². The second kappa shape index (κ2) is 5.92. The molecule has 0 atom stereocenters. The molecule has 2 heterocycles. The first-order chi connectivity index (χ1) is 10.2. The highest BCUT2D eigenvalue weighted by Crippen LogP contribution is 2.32. The van der Waals surface area contributed by atoms with Gasteiger partial charge in [-0.3, -0.25) is 0 Å². The molecule has 1 aromatic carbocycles. The SMILES string of the molecule is CCCCc1nn(-c2ccccc2C(C)C)c2c1CCN2. The zero-order valence-electron chi connectivity index (χ0n) is 13.3. The number of unbranched alkanes of at least 4 members (excludes halogenated alkanes) is 1. The molecule has 1 aromatic heterocycles. The summed E-state index contributed by atoms with van der Waals surface area (Å²) in [7, 11) is 0. The van der Waals surface area contributed by atoms with Crippen LogP contribution in [-0.2, 0) is 12.8 Å². The summed E-state index contributed by atoms with van der Waals surface area (Å²) in [5, 5.41) is 8.47. The van der Waals surface area contributed by atoms with Crippen molar-refractivity contribution in [3.05, 3.63) is 41.1 Å². The van der Waals surface area contributed by atoms with Gasteiger partial charge in [-0.2, -0.15) is 5.10 Å². The minimum atomic E-state index is 0.501. The van der Waals surface area contributed by atoms with Gasteiger partial charge in [0.25, 0.3) is 0 Å². The second-order valence-corrected chi connectivity index (χ2v) is 6.18. The van der Waals surface area contributed by atoms with Crippen LogP contribution in [0.25, 0.3) is 5.69 Å². The van der Waals surface area contributed by atoms with Gasteiger partial charge < -0.3 is 5.32 Å². The average Bonchev–Trinajstić information content (AvgIpc) is 3.07. The van der Waals surface area contributed by atoms with E-state index in [-0.39, 0.29) is 0 Å². The molecular weight excluding hydrogens is 258 g/mol. The Morgan fingerprint density at radius 3 is 2.86 bits per heavy atom. The first-order valence-corrected chi connectivity index (χ1v) is 8.16. The van der Waals surface area contributed by atoms with Crippen molar-refractivity contribution >= 4 is 5.82 Å². The van der Waals surface area contributed by atoms with E-state index < -0.39 is 0 Å². The van der Waals surface area contributed by atoms with Gasteiger partial charge >= 0.3 is 0 Å². The highest BCUT2D eigenvalue weighted by atomic mass is 15.3. The molecule has 1 aliphatic rings. The van der Waals surface area contributed by atoms with Crippen molar-refractivity contribution in [2.24, 2.45) is 0 Å². The van der Waals surface area contributed by atoms with Gasteiger partial charge in [-0.25, -0.2) is 4.68 Å². The Labute approximate surface area is 127 Å². The van der Waals surface area contributed by atoms with Gasteiger partial charge in [-0.05, 0) is 36.8 Å². The molecule has 0 amide bonds. The fraction of sp³-hybridized carbons (Fsp3) is 0.500. The molecule has 1 aliphatic heterocycles. The number of benzene rings is 1. The topological polar surface area (TPSA) is 29.9 Å². The standard InChI is InChI=1S/C18H25N3/c1-4-5-9-16-15-11-12-19-18(15)21(20-16)17-10-7-6-8-14(17)13(2)3/h6-8,10,13,19H,4-5,9,11-12H2,1-3H3. The third kappa shape index (κ3) is 2.57. The van der Waals surface area contributed by atoms with Crippen LogP contribution in [0.3, 0.4) is 0 Å². The van der Waals surface area contributed by atoms with Crippen molar-refractivity contribution in [1.82, 2.24) is 9.78 Å².